The Hall–Kier alpha value is -1.55. The van der Waals surface area contributed by atoms with Gasteiger partial charge in [-0.25, -0.2) is 0 Å². The fourth-order valence-corrected chi connectivity index (χ4v) is 3.27. The summed E-state index contributed by atoms with van der Waals surface area (Å²) >= 11 is 0. The van der Waals surface area contributed by atoms with Gasteiger partial charge in [-0.05, 0) is 57.7 Å². The first-order valence-electron chi connectivity index (χ1n) is 7.62. The Morgan fingerprint density at radius 2 is 1.95 bits per heavy atom. The zero-order valence-corrected chi connectivity index (χ0v) is 13.5. The van der Waals surface area contributed by atoms with Crippen molar-refractivity contribution in [3.63, 3.8) is 0 Å². The van der Waals surface area contributed by atoms with Gasteiger partial charge >= 0.3 is 0 Å². The molecular formula is C17H26N2O2. The minimum Gasteiger partial charge on any atom is -0.483 e. The molecule has 4 heteroatoms. The summed E-state index contributed by atoms with van der Waals surface area (Å²) in [6.45, 7) is 9.68. The smallest absolute Gasteiger partial charge is 0.260 e. The van der Waals surface area contributed by atoms with E-state index in [1.54, 1.807) is 0 Å². The summed E-state index contributed by atoms with van der Waals surface area (Å²) in [5.41, 5.74) is 9.08. The maximum atomic E-state index is 12.3. The van der Waals surface area contributed by atoms with Crippen molar-refractivity contribution in [3.05, 3.63) is 28.8 Å². The number of nitrogens with two attached hydrogens (primary N) is 1. The monoisotopic (exact) mass is 290 g/mol. The van der Waals surface area contributed by atoms with Gasteiger partial charge < -0.3 is 15.4 Å². The number of nitrogens with zero attached hydrogens (tertiary/aromatic N) is 1. The molecule has 2 unspecified atom stereocenters. The SMILES string of the molecule is Cc1cc(C)c(OCC(=O)N2CC(CN)CC2C)c(C)c1. The first kappa shape index (κ1) is 15.8. The third-order valence-electron chi connectivity index (χ3n) is 4.26. The van der Waals surface area contributed by atoms with E-state index < -0.39 is 0 Å². The summed E-state index contributed by atoms with van der Waals surface area (Å²) in [5.74, 6) is 1.31. The highest BCUT2D eigenvalue weighted by molar-refractivity contribution is 5.78. The first-order valence-corrected chi connectivity index (χ1v) is 7.62. The number of amides is 1. The predicted molar refractivity (Wildman–Crippen MR) is 84.5 cm³/mol. The van der Waals surface area contributed by atoms with Crippen LogP contribution in [0.15, 0.2) is 12.1 Å². The summed E-state index contributed by atoms with van der Waals surface area (Å²) < 4.78 is 5.79. The number of benzene rings is 1. The van der Waals surface area contributed by atoms with Gasteiger partial charge in [0.2, 0.25) is 0 Å². The molecule has 0 bridgehead atoms. The molecule has 1 aromatic rings. The zero-order chi connectivity index (χ0) is 15.6. The van der Waals surface area contributed by atoms with E-state index in [-0.39, 0.29) is 18.6 Å². The van der Waals surface area contributed by atoms with E-state index in [4.69, 9.17) is 10.5 Å². The number of rotatable bonds is 4. The van der Waals surface area contributed by atoms with E-state index in [2.05, 4.69) is 26.0 Å². The van der Waals surface area contributed by atoms with Crippen LogP contribution >= 0.6 is 0 Å². The third-order valence-corrected chi connectivity index (χ3v) is 4.26. The largest absolute Gasteiger partial charge is 0.483 e. The van der Waals surface area contributed by atoms with E-state index >= 15 is 0 Å². The molecule has 1 heterocycles. The van der Waals surface area contributed by atoms with Crippen LogP contribution in [0.1, 0.15) is 30.0 Å². The van der Waals surface area contributed by atoms with Crippen LogP contribution in [0.3, 0.4) is 0 Å². The molecule has 2 atom stereocenters. The maximum Gasteiger partial charge on any atom is 0.260 e. The second-order valence-electron chi connectivity index (χ2n) is 6.25. The number of carbonyl (C=O) groups is 1. The van der Waals surface area contributed by atoms with Crippen molar-refractivity contribution in [1.82, 2.24) is 4.90 Å². The normalized spacial score (nSPS) is 21.7. The van der Waals surface area contributed by atoms with Gasteiger partial charge in [0.05, 0.1) is 0 Å². The lowest BCUT2D eigenvalue weighted by Crippen LogP contribution is -2.37. The Labute approximate surface area is 127 Å². The minimum atomic E-state index is 0.0535. The number of aryl methyl sites for hydroxylation is 3. The molecule has 1 saturated heterocycles. The highest BCUT2D eigenvalue weighted by Gasteiger charge is 2.31. The van der Waals surface area contributed by atoms with Gasteiger partial charge in [-0.1, -0.05) is 17.7 Å². The average Bonchev–Trinajstić information content (AvgIpc) is 2.78. The molecule has 2 rings (SSSR count). The van der Waals surface area contributed by atoms with Gasteiger partial charge in [0, 0.05) is 12.6 Å². The van der Waals surface area contributed by atoms with Gasteiger partial charge in [-0.2, -0.15) is 0 Å². The van der Waals surface area contributed by atoms with Crippen LogP contribution in [-0.4, -0.2) is 36.5 Å². The lowest BCUT2D eigenvalue weighted by Gasteiger charge is -2.22. The average molecular weight is 290 g/mol. The molecule has 1 aliphatic rings. The lowest BCUT2D eigenvalue weighted by atomic mass is 10.1. The highest BCUT2D eigenvalue weighted by atomic mass is 16.5. The molecule has 21 heavy (non-hydrogen) atoms. The quantitative estimate of drug-likeness (QED) is 0.925. The van der Waals surface area contributed by atoms with Crippen molar-refractivity contribution in [3.8, 4) is 5.75 Å². The molecule has 1 amide bonds. The van der Waals surface area contributed by atoms with E-state index in [1.165, 1.54) is 5.56 Å². The van der Waals surface area contributed by atoms with E-state index in [0.717, 1.165) is 29.8 Å². The summed E-state index contributed by atoms with van der Waals surface area (Å²) in [4.78, 5) is 14.2. The fourth-order valence-electron chi connectivity index (χ4n) is 3.27. The van der Waals surface area contributed by atoms with Crippen LogP contribution in [0.2, 0.25) is 0 Å². The zero-order valence-electron chi connectivity index (χ0n) is 13.5. The summed E-state index contributed by atoms with van der Waals surface area (Å²) in [5, 5.41) is 0. The van der Waals surface area contributed by atoms with Crippen LogP contribution in [0, 0.1) is 26.7 Å². The van der Waals surface area contributed by atoms with Gasteiger partial charge in [-0.3, -0.25) is 4.79 Å². The number of likely N-dealkylation sites (tertiary alicyclic amines) is 1. The molecule has 116 valence electrons. The van der Waals surface area contributed by atoms with Gasteiger partial charge in [0.1, 0.15) is 5.75 Å². The molecule has 1 fully saturated rings. The molecule has 0 aliphatic carbocycles. The summed E-state index contributed by atoms with van der Waals surface area (Å²) in [6, 6.07) is 4.42. The van der Waals surface area contributed by atoms with Crippen LogP contribution in [0.5, 0.6) is 5.75 Å². The van der Waals surface area contributed by atoms with Gasteiger partial charge in [0.25, 0.3) is 5.91 Å². The van der Waals surface area contributed by atoms with Crippen LogP contribution in [-0.2, 0) is 4.79 Å². The fraction of sp³-hybridized carbons (Fsp3) is 0.588. The molecule has 0 spiro atoms. The van der Waals surface area contributed by atoms with Gasteiger partial charge in [-0.15, -0.1) is 0 Å². The topological polar surface area (TPSA) is 55.6 Å². The molecule has 4 nitrogen and oxygen atoms in total. The van der Waals surface area contributed by atoms with Crippen LogP contribution in [0.25, 0.3) is 0 Å². The Bertz CT molecular complexity index is 505. The molecule has 1 aromatic carbocycles. The minimum absolute atomic E-state index is 0.0535. The summed E-state index contributed by atoms with van der Waals surface area (Å²) in [7, 11) is 0. The molecule has 0 aromatic heterocycles. The Balaban J connectivity index is 1.99. The number of hydrogen-bond donors (Lipinski definition) is 1. The molecule has 0 radical (unpaired) electrons. The van der Waals surface area contributed by atoms with Gasteiger partial charge in [0.15, 0.2) is 6.61 Å². The van der Waals surface area contributed by atoms with Crippen molar-refractivity contribution in [2.24, 2.45) is 11.7 Å². The number of carbonyl (C=O) groups excluding carboxylic acids is 1. The van der Waals surface area contributed by atoms with Crippen molar-refractivity contribution >= 4 is 5.91 Å². The van der Waals surface area contributed by atoms with Crippen molar-refractivity contribution < 1.29 is 9.53 Å². The number of hydrogen-bond acceptors (Lipinski definition) is 3. The van der Waals surface area contributed by atoms with Crippen molar-refractivity contribution in [2.45, 2.75) is 40.2 Å². The van der Waals surface area contributed by atoms with E-state index in [1.807, 2.05) is 18.7 Å². The second kappa shape index (κ2) is 6.48. The number of ether oxygens (including phenoxy) is 1. The summed E-state index contributed by atoms with van der Waals surface area (Å²) in [6.07, 6.45) is 0.991. The molecule has 0 saturated carbocycles. The second-order valence-corrected chi connectivity index (χ2v) is 6.25. The van der Waals surface area contributed by atoms with Crippen molar-refractivity contribution in [1.29, 1.82) is 0 Å². The van der Waals surface area contributed by atoms with Crippen molar-refractivity contribution in [2.75, 3.05) is 19.7 Å². The Morgan fingerprint density at radius 3 is 2.48 bits per heavy atom. The first-order chi connectivity index (χ1) is 9.92. The molecule has 1 aliphatic heterocycles. The van der Waals surface area contributed by atoms with Crippen LogP contribution < -0.4 is 10.5 Å². The Kier molecular flexibility index (Phi) is 4.88. The Morgan fingerprint density at radius 1 is 1.33 bits per heavy atom. The predicted octanol–water partition coefficient (Wildman–Crippen LogP) is 2.19. The molecular weight excluding hydrogens is 264 g/mol. The standard InChI is InChI=1S/C17H26N2O2/c1-11-5-12(2)17(13(3)6-11)21-10-16(20)19-9-15(8-18)7-14(19)4/h5-6,14-15H,7-10,18H2,1-4H3. The lowest BCUT2D eigenvalue weighted by molar-refractivity contribution is -0.134. The highest BCUT2D eigenvalue weighted by Crippen LogP contribution is 2.26. The molecule has 2 N–H and O–H groups in total. The van der Waals surface area contributed by atoms with E-state index in [0.29, 0.717) is 12.5 Å². The maximum absolute atomic E-state index is 12.3. The third kappa shape index (κ3) is 3.56. The van der Waals surface area contributed by atoms with Crippen LogP contribution in [0.4, 0.5) is 0 Å². The van der Waals surface area contributed by atoms with E-state index in [9.17, 15) is 4.79 Å².